The maximum Gasteiger partial charge on any atom is 0.272 e. The van der Waals surface area contributed by atoms with Crippen molar-refractivity contribution in [2.24, 2.45) is 5.73 Å². The monoisotopic (exact) mass is 349 g/mol. The second-order valence-corrected chi connectivity index (χ2v) is 5.62. The lowest BCUT2D eigenvalue weighted by Crippen LogP contribution is -2.31. The van der Waals surface area contributed by atoms with Crippen molar-refractivity contribution in [1.29, 1.82) is 0 Å². The van der Waals surface area contributed by atoms with E-state index in [0.29, 0.717) is 13.1 Å². The number of nitro groups is 1. The summed E-state index contributed by atoms with van der Waals surface area (Å²) >= 11 is 0. The molecule has 2 N–H and O–H groups in total. The average Bonchev–Trinajstić information content (AvgIpc) is 2.55. The van der Waals surface area contributed by atoms with E-state index in [1.807, 2.05) is 31.2 Å². The maximum absolute atomic E-state index is 11.1. The molecule has 0 heterocycles. The first-order valence-electron chi connectivity index (χ1n) is 7.81. The largest absolute Gasteiger partial charge is 0.329 e. The number of hydrogen-bond donors (Lipinski definition) is 1. The van der Waals surface area contributed by atoms with Crippen LogP contribution in [-0.4, -0.2) is 29.5 Å². The lowest BCUT2D eigenvalue weighted by atomic mass is 10.1. The van der Waals surface area contributed by atoms with Gasteiger partial charge < -0.3 is 5.73 Å². The molecule has 24 heavy (non-hydrogen) atoms. The minimum Gasteiger partial charge on any atom is -0.329 e. The molecule has 0 spiro atoms. The van der Waals surface area contributed by atoms with E-state index in [4.69, 9.17) is 5.73 Å². The number of halogens is 1. The van der Waals surface area contributed by atoms with Crippen molar-refractivity contribution in [3.8, 4) is 0 Å². The first kappa shape index (κ1) is 20.1. The van der Waals surface area contributed by atoms with Gasteiger partial charge in [0.1, 0.15) is 0 Å². The molecule has 0 bridgehead atoms. The number of nitrogens with zero attached hydrogens (tertiary/aromatic N) is 2. The topological polar surface area (TPSA) is 72.4 Å². The third-order valence-electron chi connectivity index (χ3n) is 4.01. The number of nitrogens with two attached hydrogens (primary N) is 1. The zero-order chi connectivity index (χ0) is 16.7. The molecule has 2 rings (SSSR count). The highest BCUT2D eigenvalue weighted by atomic mass is 35.5. The van der Waals surface area contributed by atoms with E-state index < -0.39 is 0 Å². The zero-order valence-electron chi connectivity index (χ0n) is 13.9. The van der Waals surface area contributed by atoms with Crippen molar-refractivity contribution >= 4 is 18.1 Å². The van der Waals surface area contributed by atoms with E-state index in [0.717, 1.165) is 30.6 Å². The van der Waals surface area contributed by atoms with E-state index in [1.165, 1.54) is 5.56 Å². The van der Waals surface area contributed by atoms with Crippen LogP contribution in [0.1, 0.15) is 16.7 Å². The van der Waals surface area contributed by atoms with Crippen molar-refractivity contribution in [3.05, 3.63) is 75.3 Å². The molecule has 0 unspecified atom stereocenters. The minimum absolute atomic E-state index is 0. The molecule has 0 fully saturated rings. The molecule has 0 aliphatic heterocycles. The molecule has 5 nitrogen and oxygen atoms in total. The van der Waals surface area contributed by atoms with Gasteiger partial charge in [-0.1, -0.05) is 42.5 Å². The summed E-state index contributed by atoms with van der Waals surface area (Å²) in [6.45, 7) is 4.71. The zero-order valence-corrected chi connectivity index (χ0v) is 14.7. The van der Waals surface area contributed by atoms with E-state index >= 15 is 0 Å². The van der Waals surface area contributed by atoms with Crippen LogP contribution < -0.4 is 5.73 Å². The molecule has 0 aliphatic rings. The Morgan fingerprint density at radius 1 is 1.08 bits per heavy atom. The normalized spacial score (nSPS) is 10.5. The fourth-order valence-corrected chi connectivity index (χ4v) is 2.66. The Balaban J connectivity index is 0.00000288. The summed E-state index contributed by atoms with van der Waals surface area (Å²) in [5.41, 5.74) is 8.90. The fourth-order valence-electron chi connectivity index (χ4n) is 2.66. The average molecular weight is 350 g/mol. The van der Waals surface area contributed by atoms with Gasteiger partial charge in [-0.2, -0.15) is 0 Å². The lowest BCUT2D eigenvalue weighted by molar-refractivity contribution is -0.385. The highest BCUT2D eigenvalue weighted by Crippen LogP contribution is 2.22. The molecule has 0 radical (unpaired) electrons. The fraction of sp³-hybridized carbons (Fsp3) is 0.333. The Morgan fingerprint density at radius 2 is 1.79 bits per heavy atom. The third kappa shape index (κ3) is 5.60. The van der Waals surface area contributed by atoms with Gasteiger partial charge in [0, 0.05) is 37.8 Å². The molecule has 2 aromatic rings. The van der Waals surface area contributed by atoms with Crippen molar-refractivity contribution < 1.29 is 4.92 Å². The Morgan fingerprint density at radius 3 is 2.42 bits per heavy atom. The quantitative estimate of drug-likeness (QED) is 0.586. The Kier molecular flexibility index (Phi) is 8.40. The summed E-state index contributed by atoms with van der Waals surface area (Å²) in [5, 5.41) is 11.1. The van der Waals surface area contributed by atoms with Crippen molar-refractivity contribution in [1.82, 2.24) is 4.90 Å². The van der Waals surface area contributed by atoms with Gasteiger partial charge in [0.2, 0.25) is 0 Å². The van der Waals surface area contributed by atoms with Crippen LogP contribution in [0.2, 0.25) is 0 Å². The summed E-state index contributed by atoms with van der Waals surface area (Å²) in [5.74, 6) is 0. The molecule has 0 atom stereocenters. The van der Waals surface area contributed by atoms with E-state index in [2.05, 4.69) is 17.0 Å². The molecule has 0 saturated heterocycles. The number of nitro benzene ring substituents is 1. The third-order valence-corrected chi connectivity index (χ3v) is 4.01. The van der Waals surface area contributed by atoms with E-state index in [9.17, 15) is 10.1 Å². The molecule has 6 heteroatoms. The Labute approximate surface area is 149 Å². The van der Waals surface area contributed by atoms with Crippen molar-refractivity contribution in [2.75, 3.05) is 19.6 Å². The van der Waals surface area contributed by atoms with Crippen LogP contribution in [0.15, 0.2) is 48.5 Å². The van der Waals surface area contributed by atoms with Crippen LogP contribution in [0.4, 0.5) is 5.69 Å². The molecular formula is C18H24ClN3O2. The SMILES string of the molecule is Cc1c(CN(CCN)CCc2ccccc2)cccc1[N+](=O)[O-].Cl. The van der Waals surface area contributed by atoms with Gasteiger partial charge in [-0.3, -0.25) is 15.0 Å². The Bertz CT molecular complexity index is 650. The highest BCUT2D eigenvalue weighted by molar-refractivity contribution is 5.85. The van der Waals surface area contributed by atoms with Gasteiger partial charge in [-0.25, -0.2) is 0 Å². The standard InChI is InChI=1S/C18H23N3O2.ClH/c1-15-17(8-5-9-18(15)21(22)23)14-20(13-11-19)12-10-16-6-3-2-4-7-16;/h2-9H,10-14,19H2,1H3;1H. The second-order valence-electron chi connectivity index (χ2n) is 5.62. The van der Waals surface area contributed by atoms with E-state index in [-0.39, 0.29) is 23.0 Å². The molecule has 0 amide bonds. The molecule has 0 aromatic heterocycles. The summed E-state index contributed by atoms with van der Waals surface area (Å²) < 4.78 is 0. The smallest absolute Gasteiger partial charge is 0.272 e. The number of hydrogen-bond acceptors (Lipinski definition) is 4. The van der Waals surface area contributed by atoms with Gasteiger partial charge in [0.15, 0.2) is 0 Å². The second kappa shape index (κ2) is 10.0. The van der Waals surface area contributed by atoms with Crippen LogP contribution in [0.5, 0.6) is 0 Å². The first-order chi connectivity index (χ1) is 11.1. The highest BCUT2D eigenvalue weighted by Gasteiger charge is 2.15. The summed E-state index contributed by atoms with van der Waals surface area (Å²) in [7, 11) is 0. The van der Waals surface area contributed by atoms with Crippen molar-refractivity contribution in [2.45, 2.75) is 19.9 Å². The van der Waals surface area contributed by atoms with Crippen LogP contribution >= 0.6 is 12.4 Å². The maximum atomic E-state index is 11.1. The van der Waals surface area contributed by atoms with Gasteiger partial charge in [0.25, 0.3) is 5.69 Å². The van der Waals surface area contributed by atoms with Gasteiger partial charge in [0.05, 0.1) is 4.92 Å². The predicted molar refractivity (Wildman–Crippen MR) is 99.6 cm³/mol. The minimum atomic E-state index is -0.323. The predicted octanol–water partition coefficient (Wildman–Crippen LogP) is 3.33. The van der Waals surface area contributed by atoms with Crippen molar-refractivity contribution in [3.63, 3.8) is 0 Å². The van der Waals surface area contributed by atoms with Gasteiger partial charge in [-0.15, -0.1) is 12.4 Å². The molecule has 0 saturated carbocycles. The first-order valence-corrected chi connectivity index (χ1v) is 7.81. The summed E-state index contributed by atoms with van der Waals surface area (Å²) in [4.78, 5) is 13.0. The van der Waals surface area contributed by atoms with Crippen LogP contribution in [0.25, 0.3) is 0 Å². The molecular weight excluding hydrogens is 326 g/mol. The Hall–Kier alpha value is -1.95. The molecule has 0 aliphatic carbocycles. The van der Waals surface area contributed by atoms with Gasteiger partial charge >= 0.3 is 0 Å². The van der Waals surface area contributed by atoms with Gasteiger partial charge in [-0.05, 0) is 24.5 Å². The molecule has 2 aromatic carbocycles. The lowest BCUT2D eigenvalue weighted by Gasteiger charge is -2.22. The van der Waals surface area contributed by atoms with Crippen LogP contribution in [-0.2, 0) is 13.0 Å². The molecule has 130 valence electrons. The summed E-state index contributed by atoms with van der Waals surface area (Å²) in [6, 6.07) is 15.6. The van der Waals surface area contributed by atoms with E-state index in [1.54, 1.807) is 12.1 Å². The number of benzene rings is 2. The van der Waals surface area contributed by atoms with Crippen LogP contribution in [0, 0.1) is 17.0 Å². The van der Waals surface area contributed by atoms with Crippen LogP contribution in [0.3, 0.4) is 0 Å². The summed E-state index contributed by atoms with van der Waals surface area (Å²) in [6.07, 6.45) is 0.939. The number of rotatable bonds is 8.